The SMILES string of the molecule is CC.CC1=NCc2cc(Cc3ccccc3)ccc21. The highest BCUT2D eigenvalue weighted by Gasteiger charge is 2.11. The summed E-state index contributed by atoms with van der Waals surface area (Å²) in [6.07, 6.45) is 1.01. The fourth-order valence-electron chi connectivity index (χ4n) is 2.36. The summed E-state index contributed by atoms with van der Waals surface area (Å²) in [4.78, 5) is 4.47. The number of hydrogen-bond acceptors (Lipinski definition) is 1. The first kappa shape index (κ1) is 13.5. The maximum absolute atomic E-state index is 4.47. The lowest BCUT2D eigenvalue weighted by Gasteiger charge is -2.05. The van der Waals surface area contributed by atoms with Gasteiger partial charge in [0.25, 0.3) is 0 Å². The van der Waals surface area contributed by atoms with Crippen LogP contribution in [-0.4, -0.2) is 5.71 Å². The minimum absolute atomic E-state index is 0.851. The van der Waals surface area contributed by atoms with Gasteiger partial charge in [-0.25, -0.2) is 0 Å². The molecule has 0 atom stereocenters. The molecule has 0 aliphatic carbocycles. The van der Waals surface area contributed by atoms with Gasteiger partial charge in [-0.2, -0.15) is 0 Å². The van der Waals surface area contributed by atoms with Gasteiger partial charge in [0.1, 0.15) is 0 Å². The average Bonchev–Trinajstić information content (AvgIpc) is 2.83. The molecule has 98 valence electrons. The quantitative estimate of drug-likeness (QED) is 0.738. The van der Waals surface area contributed by atoms with Crippen molar-refractivity contribution in [3.63, 3.8) is 0 Å². The fourth-order valence-corrected chi connectivity index (χ4v) is 2.36. The zero-order valence-electron chi connectivity index (χ0n) is 12.0. The molecule has 1 aliphatic rings. The average molecular weight is 251 g/mol. The minimum atomic E-state index is 0.851. The van der Waals surface area contributed by atoms with E-state index in [2.05, 4.69) is 60.4 Å². The second kappa shape index (κ2) is 6.33. The van der Waals surface area contributed by atoms with Crippen molar-refractivity contribution in [1.82, 2.24) is 0 Å². The third-order valence-electron chi connectivity index (χ3n) is 3.30. The van der Waals surface area contributed by atoms with E-state index < -0.39 is 0 Å². The number of rotatable bonds is 2. The van der Waals surface area contributed by atoms with E-state index >= 15 is 0 Å². The molecule has 1 heterocycles. The van der Waals surface area contributed by atoms with Crippen LogP contribution in [-0.2, 0) is 13.0 Å². The van der Waals surface area contributed by atoms with Crippen LogP contribution in [0.4, 0.5) is 0 Å². The molecule has 0 radical (unpaired) electrons. The van der Waals surface area contributed by atoms with Gasteiger partial charge < -0.3 is 0 Å². The Labute approximate surface area is 116 Å². The van der Waals surface area contributed by atoms with E-state index in [1.807, 2.05) is 13.8 Å². The molecule has 1 heteroatoms. The van der Waals surface area contributed by atoms with Gasteiger partial charge >= 0.3 is 0 Å². The third-order valence-corrected chi connectivity index (χ3v) is 3.30. The first-order valence-corrected chi connectivity index (χ1v) is 7.00. The Morgan fingerprint density at radius 3 is 2.42 bits per heavy atom. The number of nitrogens with zero attached hydrogens (tertiary/aromatic N) is 1. The highest BCUT2D eigenvalue weighted by molar-refractivity contribution is 6.01. The summed E-state index contributed by atoms with van der Waals surface area (Å²) in [5.41, 5.74) is 6.60. The molecule has 0 fully saturated rings. The fraction of sp³-hybridized carbons (Fsp3) is 0.278. The lowest BCUT2D eigenvalue weighted by Crippen LogP contribution is -1.94. The first-order valence-electron chi connectivity index (χ1n) is 7.00. The van der Waals surface area contributed by atoms with E-state index in [0.29, 0.717) is 0 Å². The molecule has 19 heavy (non-hydrogen) atoms. The summed E-state index contributed by atoms with van der Waals surface area (Å²) >= 11 is 0. The van der Waals surface area contributed by atoms with Crippen LogP contribution in [0.25, 0.3) is 0 Å². The molecule has 0 saturated carbocycles. The van der Waals surface area contributed by atoms with Crippen LogP contribution >= 0.6 is 0 Å². The summed E-state index contributed by atoms with van der Waals surface area (Å²) < 4.78 is 0. The van der Waals surface area contributed by atoms with Crippen LogP contribution in [0.2, 0.25) is 0 Å². The van der Waals surface area contributed by atoms with E-state index in [9.17, 15) is 0 Å². The van der Waals surface area contributed by atoms with Crippen molar-refractivity contribution < 1.29 is 0 Å². The van der Waals surface area contributed by atoms with E-state index in [0.717, 1.165) is 13.0 Å². The molecule has 1 nitrogen and oxygen atoms in total. The Morgan fingerprint density at radius 1 is 0.947 bits per heavy atom. The monoisotopic (exact) mass is 251 g/mol. The van der Waals surface area contributed by atoms with Crippen LogP contribution in [0, 0.1) is 0 Å². The van der Waals surface area contributed by atoms with E-state index in [4.69, 9.17) is 0 Å². The van der Waals surface area contributed by atoms with Gasteiger partial charge in [0.2, 0.25) is 0 Å². The van der Waals surface area contributed by atoms with E-state index in [-0.39, 0.29) is 0 Å². The normalized spacial score (nSPS) is 12.3. The van der Waals surface area contributed by atoms with Crippen molar-refractivity contribution in [2.24, 2.45) is 4.99 Å². The van der Waals surface area contributed by atoms with Crippen molar-refractivity contribution in [3.8, 4) is 0 Å². The molecule has 0 spiro atoms. The summed E-state index contributed by atoms with van der Waals surface area (Å²) in [5, 5.41) is 0. The Kier molecular flexibility index (Phi) is 4.51. The predicted octanol–water partition coefficient (Wildman–Crippen LogP) is 4.63. The highest BCUT2D eigenvalue weighted by Crippen LogP contribution is 2.21. The maximum Gasteiger partial charge on any atom is 0.0649 e. The second-order valence-corrected chi connectivity index (χ2v) is 4.56. The van der Waals surface area contributed by atoms with Gasteiger partial charge in [-0.15, -0.1) is 0 Å². The molecule has 3 rings (SSSR count). The van der Waals surface area contributed by atoms with Crippen LogP contribution in [0.1, 0.15) is 43.0 Å². The number of hydrogen-bond donors (Lipinski definition) is 0. The molecule has 0 aromatic heterocycles. The summed E-state index contributed by atoms with van der Waals surface area (Å²) in [6, 6.07) is 17.3. The minimum Gasteiger partial charge on any atom is -0.285 e. The zero-order chi connectivity index (χ0) is 13.7. The second-order valence-electron chi connectivity index (χ2n) is 4.56. The first-order chi connectivity index (χ1) is 9.33. The predicted molar refractivity (Wildman–Crippen MR) is 83.0 cm³/mol. The zero-order valence-corrected chi connectivity index (χ0v) is 12.0. The number of benzene rings is 2. The topological polar surface area (TPSA) is 12.4 Å². The highest BCUT2D eigenvalue weighted by atomic mass is 14.8. The van der Waals surface area contributed by atoms with Crippen molar-refractivity contribution in [1.29, 1.82) is 0 Å². The lowest BCUT2D eigenvalue weighted by atomic mass is 9.99. The van der Waals surface area contributed by atoms with Gasteiger partial charge in [-0.1, -0.05) is 62.4 Å². The Bertz CT molecular complexity index is 567. The smallest absolute Gasteiger partial charge is 0.0649 e. The molecule has 0 unspecified atom stereocenters. The molecular weight excluding hydrogens is 230 g/mol. The Hall–Kier alpha value is -1.89. The van der Waals surface area contributed by atoms with Crippen LogP contribution < -0.4 is 0 Å². The molecule has 0 amide bonds. The largest absolute Gasteiger partial charge is 0.285 e. The van der Waals surface area contributed by atoms with Gasteiger partial charge in [0.15, 0.2) is 0 Å². The van der Waals surface area contributed by atoms with Gasteiger partial charge in [0.05, 0.1) is 6.54 Å². The van der Waals surface area contributed by atoms with E-state index in [1.54, 1.807) is 0 Å². The standard InChI is InChI=1S/C16H15N.C2H6/c1-12-16-8-7-14(10-15(16)11-17-12)9-13-5-3-2-4-6-13;1-2/h2-8,10H,9,11H2,1H3;1-2H3. The molecule has 0 saturated heterocycles. The number of fused-ring (bicyclic) bond motifs is 1. The maximum atomic E-state index is 4.47. The summed E-state index contributed by atoms with van der Waals surface area (Å²) in [6.45, 7) is 6.94. The van der Waals surface area contributed by atoms with E-state index in [1.165, 1.54) is 28.0 Å². The summed E-state index contributed by atoms with van der Waals surface area (Å²) in [5.74, 6) is 0. The van der Waals surface area contributed by atoms with Crippen LogP contribution in [0.3, 0.4) is 0 Å². The molecule has 0 N–H and O–H groups in total. The van der Waals surface area contributed by atoms with Gasteiger partial charge in [-0.05, 0) is 30.0 Å². The van der Waals surface area contributed by atoms with Crippen molar-refractivity contribution >= 4 is 5.71 Å². The molecule has 2 aromatic carbocycles. The van der Waals surface area contributed by atoms with Crippen LogP contribution in [0.15, 0.2) is 53.5 Å². The lowest BCUT2D eigenvalue weighted by molar-refractivity contribution is 1.09. The Balaban J connectivity index is 0.000000637. The van der Waals surface area contributed by atoms with Crippen molar-refractivity contribution in [2.75, 3.05) is 0 Å². The number of aliphatic imine (C=N–C) groups is 1. The molecule has 2 aromatic rings. The molecule has 1 aliphatic heterocycles. The summed E-state index contributed by atoms with van der Waals surface area (Å²) in [7, 11) is 0. The molecular formula is C18H21N. The van der Waals surface area contributed by atoms with Crippen molar-refractivity contribution in [2.45, 2.75) is 33.7 Å². The van der Waals surface area contributed by atoms with Crippen LogP contribution in [0.5, 0.6) is 0 Å². The van der Waals surface area contributed by atoms with Gasteiger partial charge in [-0.3, -0.25) is 4.99 Å². The third kappa shape index (κ3) is 3.11. The van der Waals surface area contributed by atoms with Gasteiger partial charge in [0, 0.05) is 11.3 Å². The Morgan fingerprint density at radius 2 is 1.68 bits per heavy atom. The van der Waals surface area contributed by atoms with Crippen molar-refractivity contribution in [3.05, 3.63) is 70.8 Å². The molecule has 0 bridgehead atoms.